The van der Waals surface area contributed by atoms with Crippen LogP contribution in [-0.4, -0.2) is 48.7 Å². The number of benzene rings is 1. The summed E-state index contributed by atoms with van der Waals surface area (Å²) in [5.41, 5.74) is 1.86. The molecule has 0 bridgehead atoms. The van der Waals surface area contributed by atoms with Crippen molar-refractivity contribution in [2.24, 2.45) is 0 Å². The minimum Gasteiger partial charge on any atom is -0.395 e. The summed E-state index contributed by atoms with van der Waals surface area (Å²) in [7, 11) is 1.91. The number of carbonyl (C=O) groups is 1. The van der Waals surface area contributed by atoms with Crippen molar-refractivity contribution >= 4 is 5.91 Å². The van der Waals surface area contributed by atoms with Gasteiger partial charge >= 0.3 is 0 Å². The van der Waals surface area contributed by atoms with Crippen LogP contribution in [0.1, 0.15) is 35.2 Å². The normalized spacial score (nSPS) is 14.9. The van der Waals surface area contributed by atoms with Gasteiger partial charge in [0.05, 0.1) is 6.61 Å². The molecule has 0 aromatic heterocycles. The lowest BCUT2D eigenvalue weighted by Crippen LogP contribution is -2.46. The zero-order chi connectivity index (χ0) is 14.4. The summed E-state index contributed by atoms with van der Waals surface area (Å²) in [5.74, 6) is 0.0652. The van der Waals surface area contributed by atoms with Gasteiger partial charge in [-0.1, -0.05) is 18.2 Å². The van der Waals surface area contributed by atoms with E-state index in [-0.39, 0.29) is 12.5 Å². The van der Waals surface area contributed by atoms with Crippen LogP contribution < -0.4 is 5.32 Å². The van der Waals surface area contributed by atoms with Crippen LogP contribution in [0.15, 0.2) is 24.3 Å². The number of likely N-dealkylation sites (N-methyl/N-ethyl adjacent to an activating group) is 1. The van der Waals surface area contributed by atoms with Gasteiger partial charge in [0.2, 0.25) is 0 Å². The molecule has 1 aromatic carbocycles. The lowest BCUT2D eigenvalue weighted by Gasteiger charge is -2.37. The highest BCUT2D eigenvalue weighted by molar-refractivity contribution is 5.96. The second-order valence-corrected chi connectivity index (χ2v) is 5.32. The van der Waals surface area contributed by atoms with Gasteiger partial charge in [-0.05, 0) is 50.9 Å². The number of rotatable bonds is 7. The maximum atomic E-state index is 12.7. The van der Waals surface area contributed by atoms with Gasteiger partial charge in [0.25, 0.3) is 5.91 Å². The first-order valence-electron chi connectivity index (χ1n) is 7.42. The van der Waals surface area contributed by atoms with Crippen molar-refractivity contribution < 1.29 is 9.90 Å². The van der Waals surface area contributed by atoms with Gasteiger partial charge in [-0.25, -0.2) is 0 Å². The zero-order valence-corrected chi connectivity index (χ0v) is 12.1. The standard InChI is InChI=1S/C16H24N2O2/c1-17-10-9-13-5-2-3-8-15(13)16(20)18(11-12-19)14-6-4-7-14/h2-3,5,8,14,17,19H,4,6-7,9-12H2,1H3. The van der Waals surface area contributed by atoms with Gasteiger partial charge in [0.15, 0.2) is 0 Å². The van der Waals surface area contributed by atoms with Crippen LogP contribution in [0.3, 0.4) is 0 Å². The van der Waals surface area contributed by atoms with E-state index in [0.717, 1.165) is 36.9 Å². The second-order valence-electron chi connectivity index (χ2n) is 5.32. The molecule has 0 radical (unpaired) electrons. The maximum Gasteiger partial charge on any atom is 0.254 e. The summed E-state index contributed by atoms with van der Waals surface area (Å²) < 4.78 is 0. The summed E-state index contributed by atoms with van der Waals surface area (Å²) in [5, 5.41) is 12.3. The molecule has 2 rings (SSSR count). The molecule has 0 aliphatic heterocycles. The highest BCUT2D eigenvalue weighted by Crippen LogP contribution is 2.26. The molecule has 1 aromatic rings. The van der Waals surface area contributed by atoms with Gasteiger partial charge in [-0.3, -0.25) is 4.79 Å². The Bertz CT molecular complexity index is 444. The van der Waals surface area contributed by atoms with Gasteiger partial charge in [0, 0.05) is 18.2 Å². The number of amides is 1. The number of hydrogen-bond donors (Lipinski definition) is 2. The largest absolute Gasteiger partial charge is 0.395 e. The van der Waals surface area contributed by atoms with E-state index in [2.05, 4.69) is 5.32 Å². The summed E-state index contributed by atoms with van der Waals surface area (Å²) in [6.07, 6.45) is 4.15. The minimum absolute atomic E-state index is 0.0287. The molecule has 4 nitrogen and oxygen atoms in total. The summed E-state index contributed by atoms with van der Waals surface area (Å²) >= 11 is 0. The van der Waals surface area contributed by atoms with Gasteiger partial charge in [0.1, 0.15) is 0 Å². The molecule has 0 spiro atoms. The number of nitrogens with one attached hydrogen (secondary N) is 1. The molecular formula is C16H24N2O2. The smallest absolute Gasteiger partial charge is 0.254 e. The number of carbonyl (C=O) groups excluding carboxylic acids is 1. The first kappa shape index (κ1) is 15.0. The number of hydrogen-bond acceptors (Lipinski definition) is 3. The van der Waals surface area contributed by atoms with Crippen LogP contribution in [-0.2, 0) is 6.42 Å². The topological polar surface area (TPSA) is 52.6 Å². The van der Waals surface area contributed by atoms with Crippen LogP contribution in [0.2, 0.25) is 0 Å². The number of aliphatic hydroxyl groups is 1. The second kappa shape index (κ2) is 7.41. The molecule has 1 aliphatic rings. The Morgan fingerprint density at radius 2 is 2.15 bits per heavy atom. The van der Waals surface area contributed by atoms with Crippen molar-refractivity contribution in [3.8, 4) is 0 Å². The molecule has 1 saturated carbocycles. The Balaban J connectivity index is 2.17. The van der Waals surface area contributed by atoms with E-state index in [0.29, 0.717) is 12.6 Å². The van der Waals surface area contributed by atoms with E-state index in [4.69, 9.17) is 0 Å². The molecule has 0 atom stereocenters. The minimum atomic E-state index is 0.0287. The van der Waals surface area contributed by atoms with Gasteiger partial charge in [-0.15, -0.1) is 0 Å². The van der Waals surface area contributed by atoms with E-state index >= 15 is 0 Å². The lowest BCUT2D eigenvalue weighted by atomic mass is 9.90. The van der Waals surface area contributed by atoms with Gasteiger partial charge in [-0.2, -0.15) is 0 Å². The molecule has 4 heteroatoms. The van der Waals surface area contributed by atoms with Crippen molar-refractivity contribution in [3.63, 3.8) is 0 Å². The predicted octanol–water partition coefficient (Wildman–Crippen LogP) is 1.44. The van der Waals surface area contributed by atoms with E-state index in [1.165, 1.54) is 6.42 Å². The SMILES string of the molecule is CNCCc1ccccc1C(=O)N(CCO)C1CCC1. The molecular weight excluding hydrogens is 252 g/mol. The Hall–Kier alpha value is -1.39. The van der Waals surface area contributed by atoms with Crippen molar-refractivity contribution in [2.45, 2.75) is 31.7 Å². The molecule has 0 saturated heterocycles. The first-order chi connectivity index (χ1) is 9.77. The monoisotopic (exact) mass is 276 g/mol. The molecule has 110 valence electrons. The average molecular weight is 276 g/mol. The van der Waals surface area contributed by atoms with Crippen LogP contribution >= 0.6 is 0 Å². The quantitative estimate of drug-likeness (QED) is 0.792. The molecule has 1 fully saturated rings. The fourth-order valence-corrected chi connectivity index (χ4v) is 2.62. The summed E-state index contributed by atoms with van der Waals surface area (Å²) in [6, 6.07) is 8.11. The highest BCUT2D eigenvalue weighted by atomic mass is 16.3. The fourth-order valence-electron chi connectivity index (χ4n) is 2.62. The molecule has 20 heavy (non-hydrogen) atoms. The molecule has 1 amide bonds. The average Bonchev–Trinajstić information content (AvgIpc) is 2.42. The fraction of sp³-hybridized carbons (Fsp3) is 0.562. The van der Waals surface area contributed by atoms with E-state index in [1.807, 2.05) is 36.2 Å². The Labute approximate surface area is 120 Å². The number of nitrogens with zero attached hydrogens (tertiary/aromatic N) is 1. The molecule has 0 heterocycles. The van der Waals surface area contributed by atoms with Crippen LogP contribution in [0, 0.1) is 0 Å². The van der Waals surface area contributed by atoms with E-state index < -0.39 is 0 Å². The van der Waals surface area contributed by atoms with E-state index in [9.17, 15) is 9.90 Å². The zero-order valence-electron chi connectivity index (χ0n) is 12.1. The molecule has 2 N–H and O–H groups in total. The Kier molecular flexibility index (Phi) is 5.56. The lowest BCUT2D eigenvalue weighted by molar-refractivity contribution is 0.0524. The third-order valence-electron chi connectivity index (χ3n) is 4.01. The van der Waals surface area contributed by atoms with Crippen molar-refractivity contribution in [1.29, 1.82) is 0 Å². The highest BCUT2D eigenvalue weighted by Gasteiger charge is 2.29. The van der Waals surface area contributed by atoms with Gasteiger partial charge < -0.3 is 15.3 Å². The third kappa shape index (κ3) is 3.38. The molecule has 1 aliphatic carbocycles. The summed E-state index contributed by atoms with van der Waals surface area (Å²) in [6.45, 7) is 1.32. The first-order valence-corrected chi connectivity index (χ1v) is 7.42. The summed E-state index contributed by atoms with van der Waals surface area (Å²) in [4.78, 5) is 14.6. The maximum absolute atomic E-state index is 12.7. The molecule has 0 unspecified atom stereocenters. The van der Waals surface area contributed by atoms with Crippen LogP contribution in [0.5, 0.6) is 0 Å². The van der Waals surface area contributed by atoms with Crippen molar-refractivity contribution in [2.75, 3.05) is 26.7 Å². The van der Waals surface area contributed by atoms with Crippen LogP contribution in [0.25, 0.3) is 0 Å². The van der Waals surface area contributed by atoms with Crippen molar-refractivity contribution in [1.82, 2.24) is 10.2 Å². The van der Waals surface area contributed by atoms with Crippen molar-refractivity contribution in [3.05, 3.63) is 35.4 Å². The number of aliphatic hydroxyl groups excluding tert-OH is 1. The Morgan fingerprint density at radius 3 is 2.75 bits per heavy atom. The van der Waals surface area contributed by atoms with E-state index in [1.54, 1.807) is 0 Å². The van der Waals surface area contributed by atoms with Crippen LogP contribution in [0.4, 0.5) is 0 Å². The third-order valence-corrected chi connectivity index (χ3v) is 4.01. The Morgan fingerprint density at radius 1 is 1.40 bits per heavy atom. The predicted molar refractivity (Wildman–Crippen MR) is 79.8 cm³/mol.